The number of ether oxygens (including phenoxy) is 3. The molecule has 1 saturated heterocycles. The van der Waals surface area contributed by atoms with Gasteiger partial charge in [-0.3, -0.25) is 0 Å². The van der Waals surface area contributed by atoms with Gasteiger partial charge in [-0.1, -0.05) is 6.07 Å². The van der Waals surface area contributed by atoms with E-state index in [2.05, 4.69) is 4.72 Å². The Morgan fingerprint density at radius 2 is 2.00 bits per heavy atom. The van der Waals surface area contributed by atoms with Crippen molar-refractivity contribution >= 4 is 10.0 Å². The number of nitrogens with one attached hydrogen (secondary N) is 1. The summed E-state index contributed by atoms with van der Waals surface area (Å²) in [4.78, 5) is 0.0915. The SMILES string of the molecule is COCc1ccc(OC)c(S(=O)(=O)NC2(CN)CCOCC2)c1. The van der Waals surface area contributed by atoms with Crippen LogP contribution in [-0.4, -0.2) is 47.9 Å². The van der Waals surface area contributed by atoms with Crippen LogP contribution in [0.2, 0.25) is 0 Å². The van der Waals surface area contributed by atoms with Gasteiger partial charge in [-0.2, -0.15) is 0 Å². The number of sulfonamides is 1. The van der Waals surface area contributed by atoms with Crippen LogP contribution in [0, 0.1) is 0 Å². The van der Waals surface area contributed by atoms with E-state index in [4.69, 9.17) is 19.9 Å². The highest BCUT2D eigenvalue weighted by Gasteiger charge is 2.36. The molecular formula is C15H24N2O5S. The quantitative estimate of drug-likeness (QED) is 0.752. The zero-order valence-electron chi connectivity index (χ0n) is 13.5. The lowest BCUT2D eigenvalue weighted by molar-refractivity contribution is 0.0502. The van der Waals surface area contributed by atoms with E-state index in [1.807, 2.05) is 0 Å². The van der Waals surface area contributed by atoms with Crippen molar-refractivity contribution < 1.29 is 22.6 Å². The second-order valence-corrected chi connectivity index (χ2v) is 7.27. The van der Waals surface area contributed by atoms with E-state index in [0.29, 0.717) is 32.7 Å². The molecule has 1 aromatic carbocycles. The van der Waals surface area contributed by atoms with Gasteiger partial charge >= 0.3 is 0 Å². The van der Waals surface area contributed by atoms with E-state index in [9.17, 15) is 8.42 Å². The molecule has 1 fully saturated rings. The molecule has 0 aliphatic carbocycles. The molecule has 1 aromatic rings. The second kappa shape index (κ2) is 7.59. The maximum absolute atomic E-state index is 12.9. The Morgan fingerprint density at radius 3 is 2.57 bits per heavy atom. The highest BCUT2D eigenvalue weighted by atomic mass is 32.2. The fourth-order valence-corrected chi connectivity index (χ4v) is 4.33. The van der Waals surface area contributed by atoms with Crippen molar-refractivity contribution in [3.63, 3.8) is 0 Å². The van der Waals surface area contributed by atoms with E-state index in [0.717, 1.165) is 5.56 Å². The molecule has 8 heteroatoms. The largest absolute Gasteiger partial charge is 0.495 e. The van der Waals surface area contributed by atoms with Crippen molar-refractivity contribution in [1.82, 2.24) is 4.72 Å². The normalized spacial score (nSPS) is 17.9. The van der Waals surface area contributed by atoms with Gasteiger partial charge in [-0.05, 0) is 30.5 Å². The molecule has 0 saturated carbocycles. The zero-order valence-corrected chi connectivity index (χ0v) is 14.3. The van der Waals surface area contributed by atoms with Crippen LogP contribution in [0.4, 0.5) is 0 Å². The minimum absolute atomic E-state index is 0.0915. The smallest absolute Gasteiger partial charge is 0.244 e. The van der Waals surface area contributed by atoms with E-state index in [1.54, 1.807) is 25.3 Å². The first-order chi connectivity index (χ1) is 11.0. The zero-order chi connectivity index (χ0) is 16.9. The number of benzene rings is 1. The fraction of sp³-hybridized carbons (Fsp3) is 0.600. The van der Waals surface area contributed by atoms with Crippen LogP contribution in [0.3, 0.4) is 0 Å². The molecule has 2 rings (SSSR count). The van der Waals surface area contributed by atoms with Crippen molar-refractivity contribution in [2.24, 2.45) is 5.73 Å². The molecule has 1 aliphatic rings. The van der Waals surface area contributed by atoms with Gasteiger partial charge in [-0.15, -0.1) is 0 Å². The summed E-state index contributed by atoms with van der Waals surface area (Å²) in [5, 5.41) is 0. The van der Waals surface area contributed by atoms with Crippen molar-refractivity contribution in [2.45, 2.75) is 29.9 Å². The topological polar surface area (TPSA) is 99.9 Å². The molecular weight excluding hydrogens is 320 g/mol. The highest BCUT2D eigenvalue weighted by molar-refractivity contribution is 7.89. The van der Waals surface area contributed by atoms with Gasteiger partial charge in [0, 0.05) is 32.4 Å². The lowest BCUT2D eigenvalue weighted by Gasteiger charge is -2.36. The number of hydrogen-bond acceptors (Lipinski definition) is 6. The first-order valence-electron chi connectivity index (χ1n) is 7.44. The third-order valence-corrected chi connectivity index (χ3v) is 5.62. The van der Waals surface area contributed by atoms with E-state index in [1.165, 1.54) is 7.11 Å². The van der Waals surface area contributed by atoms with Gasteiger partial charge in [0.15, 0.2) is 0 Å². The van der Waals surface area contributed by atoms with E-state index >= 15 is 0 Å². The first-order valence-corrected chi connectivity index (χ1v) is 8.92. The first kappa shape index (κ1) is 18.2. The minimum Gasteiger partial charge on any atom is -0.495 e. The summed E-state index contributed by atoms with van der Waals surface area (Å²) in [5.74, 6) is 0.289. The molecule has 0 bridgehead atoms. The standard InChI is InChI=1S/C15H24N2O5S/c1-20-10-12-3-4-13(21-2)14(9-12)23(18,19)17-15(11-16)5-7-22-8-6-15/h3-4,9,17H,5-8,10-11,16H2,1-2H3. The summed E-state index contributed by atoms with van der Waals surface area (Å²) in [6.07, 6.45) is 1.09. The van der Waals surface area contributed by atoms with Crippen LogP contribution in [0.15, 0.2) is 23.1 Å². The van der Waals surface area contributed by atoms with E-state index in [-0.39, 0.29) is 17.2 Å². The van der Waals surface area contributed by atoms with Crippen LogP contribution >= 0.6 is 0 Å². The maximum Gasteiger partial charge on any atom is 0.244 e. The number of rotatable bonds is 7. The van der Waals surface area contributed by atoms with Gasteiger partial charge in [0.25, 0.3) is 0 Å². The van der Waals surface area contributed by atoms with Gasteiger partial charge in [0.2, 0.25) is 10.0 Å². The molecule has 0 aromatic heterocycles. The summed E-state index contributed by atoms with van der Waals surface area (Å²) < 4.78 is 44.1. The molecule has 3 N–H and O–H groups in total. The Labute approximate surface area is 137 Å². The Kier molecular flexibility index (Phi) is 5.99. The summed E-state index contributed by atoms with van der Waals surface area (Å²) in [5.41, 5.74) is 5.91. The van der Waals surface area contributed by atoms with Crippen LogP contribution in [0.1, 0.15) is 18.4 Å². The van der Waals surface area contributed by atoms with E-state index < -0.39 is 15.6 Å². The Balaban J connectivity index is 2.35. The Bertz CT molecular complexity index is 627. The molecule has 0 spiro atoms. The molecule has 0 unspecified atom stereocenters. The molecule has 0 atom stereocenters. The highest BCUT2D eigenvalue weighted by Crippen LogP contribution is 2.28. The molecule has 130 valence electrons. The van der Waals surface area contributed by atoms with Crippen LogP contribution in [0.5, 0.6) is 5.75 Å². The lowest BCUT2D eigenvalue weighted by atomic mass is 9.92. The van der Waals surface area contributed by atoms with Crippen LogP contribution < -0.4 is 15.2 Å². The summed E-state index contributed by atoms with van der Waals surface area (Å²) in [7, 11) is -0.781. The maximum atomic E-state index is 12.9. The summed E-state index contributed by atoms with van der Waals surface area (Å²) in [6, 6.07) is 4.96. The van der Waals surface area contributed by atoms with Gasteiger partial charge in [0.1, 0.15) is 10.6 Å². The summed E-state index contributed by atoms with van der Waals surface area (Å²) in [6.45, 7) is 1.51. The van der Waals surface area contributed by atoms with Gasteiger partial charge in [-0.25, -0.2) is 13.1 Å². The van der Waals surface area contributed by atoms with Crippen molar-refractivity contribution in [3.05, 3.63) is 23.8 Å². The fourth-order valence-electron chi connectivity index (χ4n) is 2.64. The van der Waals surface area contributed by atoms with Gasteiger partial charge in [0.05, 0.1) is 13.7 Å². The molecule has 7 nitrogen and oxygen atoms in total. The lowest BCUT2D eigenvalue weighted by Crippen LogP contribution is -2.56. The van der Waals surface area contributed by atoms with Crippen molar-refractivity contribution in [3.8, 4) is 5.75 Å². The van der Waals surface area contributed by atoms with Crippen molar-refractivity contribution in [2.75, 3.05) is 34.0 Å². The summed E-state index contributed by atoms with van der Waals surface area (Å²) >= 11 is 0. The molecule has 0 amide bonds. The minimum atomic E-state index is -3.78. The van der Waals surface area contributed by atoms with Crippen LogP contribution in [-0.2, 0) is 26.1 Å². The molecule has 23 heavy (non-hydrogen) atoms. The monoisotopic (exact) mass is 344 g/mol. The van der Waals surface area contributed by atoms with Crippen LogP contribution in [0.25, 0.3) is 0 Å². The average Bonchev–Trinajstić information content (AvgIpc) is 2.55. The number of nitrogens with two attached hydrogens (primary N) is 1. The third-order valence-electron chi connectivity index (χ3n) is 4.02. The molecule has 1 heterocycles. The van der Waals surface area contributed by atoms with Gasteiger partial charge < -0.3 is 19.9 Å². The Morgan fingerprint density at radius 1 is 1.30 bits per heavy atom. The number of hydrogen-bond donors (Lipinski definition) is 2. The third kappa shape index (κ3) is 4.21. The Hall–Kier alpha value is -1.19. The predicted molar refractivity (Wildman–Crippen MR) is 85.9 cm³/mol. The number of methoxy groups -OCH3 is 2. The molecule has 0 radical (unpaired) electrons. The molecule has 1 aliphatic heterocycles. The second-order valence-electron chi connectivity index (χ2n) is 5.62. The van der Waals surface area contributed by atoms with Crippen molar-refractivity contribution in [1.29, 1.82) is 0 Å². The average molecular weight is 344 g/mol. The predicted octanol–water partition coefficient (Wildman–Crippen LogP) is 0.628.